The van der Waals surface area contributed by atoms with Gasteiger partial charge in [0.25, 0.3) is 5.91 Å². The third-order valence-corrected chi connectivity index (χ3v) is 6.90. The summed E-state index contributed by atoms with van der Waals surface area (Å²) in [6.07, 6.45) is 5.34. The predicted octanol–water partition coefficient (Wildman–Crippen LogP) is 5.49. The Morgan fingerprint density at radius 3 is 2.75 bits per heavy atom. The van der Waals surface area contributed by atoms with Crippen LogP contribution in [-0.2, 0) is 11.3 Å². The zero-order valence-corrected chi connectivity index (χ0v) is 22.4. The number of hydrogen-bond acceptors (Lipinski definition) is 7. The van der Waals surface area contributed by atoms with Gasteiger partial charge < -0.3 is 15.4 Å². The van der Waals surface area contributed by atoms with Crippen LogP contribution in [0, 0.1) is 23.1 Å². The second kappa shape index (κ2) is 11.5. The van der Waals surface area contributed by atoms with E-state index < -0.39 is 5.82 Å². The zero-order valence-electron chi connectivity index (χ0n) is 22.4. The van der Waals surface area contributed by atoms with Gasteiger partial charge in [-0.3, -0.25) is 4.79 Å². The Bertz CT molecular complexity index is 1610. The first kappa shape index (κ1) is 26.8. The van der Waals surface area contributed by atoms with Crippen molar-refractivity contribution in [2.75, 3.05) is 12.3 Å². The number of nitrogens with zero attached hydrogens (tertiary/aromatic N) is 6. The fraction of sp³-hybridized carbons (Fsp3) is 0.300. The van der Waals surface area contributed by atoms with E-state index in [4.69, 9.17) is 15.6 Å². The Hall–Kier alpha value is -4.78. The summed E-state index contributed by atoms with van der Waals surface area (Å²) >= 11 is 0. The van der Waals surface area contributed by atoms with Crippen molar-refractivity contribution in [1.29, 1.82) is 5.26 Å². The lowest BCUT2D eigenvalue weighted by Crippen LogP contribution is -2.37. The Labute approximate surface area is 231 Å². The number of allylic oxidation sites excluding steroid dienone is 1. The number of para-hydroxylation sites is 1. The number of aromatic nitrogens is 4. The molecule has 1 unspecified atom stereocenters. The molecule has 40 heavy (non-hydrogen) atoms. The molecule has 2 aromatic heterocycles. The minimum absolute atomic E-state index is 0.0514. The van der Waals surface area contributed by atoms with Crippen LogP contribution in [0.2, 0.25) is 0 Å². The van der Waals surface area contributed by atoms with E-state index in [-0.39, 0.29) is 34.8 Å². The molecule has 1 aliphatic heterocycles. The van der Waals surface area contributed by atoms with Crippen molar-refractivity contribution in [2.45, 2.75) is 45.7 Å². The highest BCUT2D eigenvalue weighted by atomic mass is 19.1. The van der Waals surface area contributed by atoms with Gasteiger partial charge >= 0.3 is 0 Å². The van der Waals surface area contributed by atoms with E-state index in [0.717, 1.165) is 12.8 Å². The molecule has 10 heteroatoms. The second-order valence-electron chi connectivity index (χ2n) is 10.1. The number of nitrogen functional groups attached to an aromatic ring is 1. The van der Waals surface area contributed by atoms with Crippen molar-refractivity contribution in [3.63, 3.8) is 0 Å². The van der Waals surface area contributed by atoms with Gasteiger partial charge in [0.1, 0.15) is 46.8 Å². The first-order valence-electron chi connectivity index (χ1n) is 13.3. The Balaban J connectivity index is 1.41. The molecule has 5 rings (SSSR count). The molecule has 9 nitrogen and oxygen atoms in total. The molecule has 0 bridgehead atoms. The maximum absolute atomic E-state index is 15.4. The van der Waals surface area contributed by atoms with Crippen LogP contribution in [0.1, 0.15) is 33.1 Å². The largest absolute Gasteiger partial charge is 0.457 e. The topological polar surface area (TPSA) is 123 Å². The number of halogens is 1. The van der Waals surface area contributed by atoms with Crippen molar-refractivity contribution >= 4 is 22.8 Å². The minimum Gasteiger partial charge on any atom is -0.457 e. The van der Waals surface area contributed by atoms with E-state index in [1.165, 1.54) is 12.4 Å². The normalized spacial score (nSPS) is 15.5. The lowest BCUT2D eigenvalue weighted by molar-refractivity contribution is -0.127. The number of aryl methyl sites for hydroxylation is 1. The number of carbonyl (C=O) groups excluding carboxylic acids is 1. The van der Waals surface area contributed by atoms with Crippen molar-refractivity contribution in [1.82, 2.24) is 24.6 Å². The molecule has 0 spiro atoms. The van der Waals surface area contributed by atoms with Gasteiger partial charge in [-0.15, -0.1) is 0 Å². The maximum atomic E-state index is 15.4. The number of ether oxygens (including phenoxy) is 1. The smallest absolute Gasteiger partial charge is 0.264 e. The van der Waals surface area contributed by atoms with Gasteiger partial charge in [-0.05, 0) is 49.4 Å². The van der Waals surface area contributed by atoms with Crippen LogP contribution in [0.3, 0.4) is 0 Å². The summed E-state index contributed by atoms with van der Waals surface area (Å²) in [5.74, 6) is 0.495. The van der Waals surface area contributed by atoms with Crippen LogP contribution in [0.15, 0.2) is 66.5 Å². The number of likely N-dealkylation sites (tertiary alicyclic amines) is 1. The third-order valence-electron chi connectivity index (χ3n) is 6.90. The number of nitriles is 1. The highest BCUT2D eigenvalue weighted by molar-refractivity contribution is 5.98. The number of nitrogens with two attached hydrogens (primary N) is 1. The molecule has 1 amide bonds. The first-order valence-corrected chi connectivity index (χ1v) is 13.3. The van der Waals surface area contributed by atoms with Gasteiger partial charge in [-0.1, -0.05) is 38.1 Å². The van der Waals surface area contributed by atoms with Gasteiger partial charge in [0.15, 0.2) is 5.65 Å². The average molecular weight is 540 g/mol. The number of hydrogen-bond donors (Lipinski definition) is 1. The molecule has 2 N–H and O–H groups in total. The second-order valence-corrected chi connectivity index (χ2v) is 10.1. The number of amides is 1. The molecule has 1 atom stereocenters. The zero-order chi connectivity index (χ0) is 28.2. The molecule has 0 radical (unpaired) electrons. The molecule has 4 aromatic rings. The number of benzene rings is 2. The molecule has 1 aliphatic rings. The van der Waals surface area contributed by atoms with Crippen LogP contribution in [-0.4, -0.2) is 43.1 Å². The summed E-state index contributed by atoms with van der Waals surface area (Å²) in [6, 6.07) is 15.7. The van der Waals surface area contributed by atoms with Crippen LogP contribution < -0.4 is 10.5 Å². The van der Waals surface area contributed by atoms with Crippen LogP contribution in [0.4, 0.5) is 10.2 Å². The van der Waals surface area contributed by atoms with Gasteiger partial charge in [-0.25, -0.2) is 19.0 Å². The summed E-state index contributed by atoms with van der Waals surface area (Å²) in [4.78, 5) is 23.4. The van der Waals surface area contributed by atoms with E-state index in [2.05, 4.69) is 16.0 Å². The van der Waals surface area contributed by atoms with E-state index in [9.17, 15) is 10.1 Å². The minimum atomic E-state index is -0.517. The molecule has 0 aliphatic carbocycles. The van der Waals surface area contributed by atoms with Crippen molar-refractivity contribution in [3.05, 3.63) is 72.3 Å². The molecule has 2 aromatic carbocycles. The maximum Gasteiger partial charge on any atom is 0.264 e. The summed E-state index contributed by atoms with van der Waals surface area (Å²) in [5.41, 5.74) is 7.46. The van der Waals surface area contributed by atoms with E-state index in [1.807, 2.05) is 32.0 Å². The first-order chi connectivity index (χ1) is 19.4. The van der Waals surface area contributed by atoms with Crippen molar-refractivity contribution in [2.24, 2.45) is 5.92 Å². The molecular formula is C30H30FN7O2. The van der Waals surface area contributed by atoms with Crippen LogP contribution in [0.5, 0.6) is 11.5 Å². The Morgan fingerprint density at radius 1 is 1.23 bits per heavy atom. The molecule has 1 fully saturated rings. The molecular weight excluding hydrogens is 509 g/mol. The predicted molar refractivity (Wildman–Crippen MR) is 150 cm³/mol. The summed E-state index contributed by atoms with van der Waals surface area (Å²) in [6.45, 7) is 4.90. The van der Waals surface area contributed by atoms with E-state index in [0.29, 0.717) is 47.7 Å². The van der Waals surface area contributed by atoms with Gasteiger partial charge in [0.2, 0.25) is 0 Å². The Morgan fingerprint density at radius 2 is 2.02 bits per heavy atom. The summed E-state index contributed by atoms with van der Waals surface area (Å²) in [5, 5.41) is 14.7. The van der Waals surface area contributed by atoms with Crippen molar-refractivity contribution in [3.8, 4) is 28.8 Å². The molecule has 3 heterocycles. The summed E-state index contributed by atoms with van der Waals surface area (Å²) < 4.78 is 22.8. The van der Waals surface area contributed by atoms with Crippen LogP contribution >= 0.6 is 0 Å². The number of anilines is 1. The molecule has 204 valence electrons. The standard InChI is InChI=1S/C30H30FN7O2/c1-19(2)15-20(17-32)30(39)37-13-6-7-21(37)12-14-38-29-26(28(33)34-18-35-29)27(36-38)24-11-10-23(16-25(24)31)40-22-8-4-3-5-9-22/h3-5,8-11,15-16,18-19,21H,6-7,12-14H2,1-2H3,(H2,33,34,35). The van der Waals surface area contributed by atoms with E-state index in [1.54, 1.807) is 39.9 Å². The fourth-order valence-electron chi connectivity index (χ4n) is 5.07. The number of fused-ring (bicyclic) bond motifs is 1. The quantitative estimate of drug-likeness (QED) is 0.232. The fourth-order valence-corrected chi connectivity index (χ4v) is 5.07. The lowest BCUT2D eigenvalue weighted by Gasteiger charge is -2.24. The summed E-state index contributed by atoms with van der Waals surface area (Å²) in [7, 11) is 0. The molecule has 0 saturated carbocycles. The lowest BCUT2D eigenvalue weighted by atomic mass is 10.1. The van der Waals surface area contributed by atoms with E-state index >= 15 is 4.39 Å². The van der Waals surface area contributed by atoms with Gasteiger partial charge in [0.05, 0.1) is 5.39 Å². The SMILES string of the molecule is CC(C)C=C(C#N)C(=O)N1CCCC1CCn1nc(-c2ccc(Oc3ccccc3)cc2F)c2c(N)ncnc21. The average Bonchev–Trinajstić information content (AvgIpc) is 3.56. The number of carbonyl (C=O) groups is 1. The third kappa shape index (κ3) is 5.50. The van der Waals surface area contributed by atoms with Crippen molar-refractivity contribution < 1.29 is 13.9 Å². The highest BCUT2D eigenvalue weighted by Gasteiger charge is 2.31. The monoisotopic (exact) mass is 539 g/mol. The van der Waals surface area contributed by atoms with Crippen LogP contribution in [0.25, 0.3) is 22.3 Å². The van der Waals surface area contributed by atoms with Gasteiger partial charge in [0, 0.05) is 30.8 Å². The Kier molecular flexibility index (Phi) is 7.73. The highest BCUT2D eigenvalue weighted by Crippen LogP contribution is 2.34. The van der Waals surface area contributed by atoms with Gasteiger partial charge in [-0.2, -0.15) is 10.4 Å². The number of rotatable bonds is 8. The molecule has 1 saturated heterocycles.